The summed E-state index contributed by atoms with van der Waals surface area (Å²) in [6, 6.07) is 11.7. The minimum absolute atomic E-state index is 0.323. The Morgan fingerprint density at radius 2 is 1.95 bits per heavy atom. The van der Waals surface area contributed by atoms with Crippen LogP contribution in [-0.4, -0.2) is 16.6 Å². The van der Waals surface area contributed by atoms with Crippen molar-refractivity contribution in [1.29, 1.82) is 0 Å². The van der Waals surface area contributed by atoms with Crippen molar-refractivity contribution >= 4 is 27.4 Å². The number of pyridine rings is 1. The molecule has 0 bridgehead atoms. The van der Waals surface area contributed by atoms with Gasteiger partial charge in [0.15, 0.2) is 0 Å². The number of carbonyl (C=O) groups excluding carboxylic acids is 1. The van der Waals surface area contributed by atoms with Gasteiger partial charge in [0.05, 0.1) is 11.3 Å². The number of fused-ring (bicyclic) bond motifs is 1. The summed E-state index contributed by atoms with van der Waals surface area (Å²) in [6.07, 6.45) is 1.65. The molecule has 0 fully saturated rings. The minimum atomic E-state index is -0.504. The largest absolute Gasteiger partial charge is 0.456 e. The Balaban J connectivity index is 1.99. The van der Waals surface area contributed by atoms with Crippen LogP contribution >= 0.6 is 11.3 Å². The van der Waals surface area contributed by atoms with Gasteiger partial charge in [-0.3, -0.25) is 4.98 Å². The molecule has 0 saturated heterocycles. The van der Waals surface area contributed by atoms with Gasteiger partial charge in [-0.2, -0.15) is 0 Å². The van der Waals surface area contributed by atoms with Crippen molar-refractivity contribution in [2.45, 2.75) is 26.4 Å². The van der Waals surface area contributed by atoms with Gasteiger partial charge in [0.25, 0.3) is 0 Å². The van der Waals surface area contributed by atoms with E-state index in [-0.39, 0.29) is 5.97 Å². The van der Waals surface area contributed by atoms with E-state index in [1.165, 1.54) is 4.70 Å². The first-order chi connectivity index (χ1) is 10.4. The Bertz CT molecular complexity index is 830. The standard InChI is InChI=1S/C18H17NO2S/c1-18(2,3)21-17(20)12-8-9-19-15(10-12)14-11-22-16-7-5-4-6-13(14)16/h4-11H,1-3H3. The molecule has 1 aromatic carbocycles. The van der Waals surface area contributed by atoms with Crippen LogP contribution in [-0.2, 0) is 4.74 Å². The average Bonchev–Trinajstić information content (AvgIpc) is 2.89. The SMILES string of the molecule is CC(C)(C)OC(=O)c1ccnc(-c2csc3ccccc23)c1. The molecule has 0 unspecified atom stereocenters. The van der Waals surface area contributed by atoms with Crippen LogP contribution in [0.5, 0.6) is 0 Å². The molecule has 0 aliphatic rings. The summed E-state index contributed by atoms with van der Waals surface area (Å²) < 4.78 is 6.63. The van der Waals surface area contributed by atoms with Gasteiger partial charge in [-0.25, -0.2) is 4.79 Å². The maximum absolute atomic E-state index is 12.2. The first kappa shape index (κ1) is 14.7. The zero-order chi connectivity index (χ0) is 15.7. The normalized spacial score (nSPS) is 11.6. The van der Waals surface area contributed by atoms with Crippen LogP contribution in [0, 0.1) is 0 Å². The molecule has 0 radical (unpaired) electrons. The molecule has 2 aromatic heterocycles. The lowest BCUT2D eigenvalue weighted by Gasteiger charge is -2.19. The van der Waals surface area contributed by atoms with Crippen LogP contribution in [0.2, 0.25) is 0 Å². The number of rotatable bonds is 2. The van der Waals surface area contributed by atoms with E-state index in [0.29, 0.717) is 5.56 Å². The summed E-state index contributed by atoms with van der Waals surface area (Å²) in [6.45, 7) is 5.58. The summed E-state index contributed by atoms with van der Waals surface area (Å²) in [7, 11) is 0. The van der Waals surface area contributed by atoms with E-state index in [4.69, 9.17) is 4.74 Å². The molecule has 112 valence electrons. The molecule has 2 heterocycles. The molecule has 0 N–H and O–H groups in total. The number of benzene rings is 1. The summed E-state index contributed by atoms with van der Waals surface area (Å²) >= 11 is 1.68. The second-order valence-electron chi connectivity index (χ2n) is 6.08. The number of carbonyl (C=O) groups is 1. The molecule has 22 heavy (non-hydrogen) atoms. The number of hydrogen-bond acceptors (Lipinski definition) is 4. The van der Waals surface area contributed by atoms with E-state index in [1.807, 2.05) is 32.9 Å². The quantitative estimate of drug-likeness (QED) is 0.631. The Labute approximate surface area is 133 Å². The van der Waals surface area contributed by atoms with E-state index >= 15 is 0 Å². The number of esters is 1. The van der Waals surface area contributed by atoms with E-state index in [2.05, 4.69) is 22.5 Å². The van der Waals surface area contributed by atoms with Crippen LogP contribution in [0.3, 0.4) is 0 Å². The highest BCUT2D eigenvalue weighted by Gasteiger charge is 2.18. The molecule has 3 aromatic rings. The topological polar surface area (TPSA) is 39.2 Å². The van der Waals surface area contributed by atoms with Crippen LogP contribution in [0.15, 0.2) is 48.0 Å². The molecule has 3 rings (SSSR count). The van der Waals surface area contributed by atoms with Gasteiger partial charge in [-0.05, 0) is 39.0 Å². The Morgan fingerprint density at radius 3 is 2.73 bits per heavy atom. The number of thiophene rings is 1. The van der Waals surface area contributed by atoms with Gasteiger partial charge in [0.2, 0.25) is 0 Å². The number of ether oxygens (including phenoxy) is 1. The number of nitrogens with zero attached hydrogens (tertiary/aromatic N) is 1. The Kier molecular flexibility index (Phi) is 3.71. The fourth-order valence-corrected chi connectivity index (χ4v) is 3.17. The maximum atomic E-state index is 12.2. The summed E-state index contributed by atoms with van der Waals surface area (Å²) in [5, 5.41) is 3.23. The fraction of sp³-hybridized carbons (Fsp3) is 0.222. The minimum Gasteiger partial charge on any atom is -0.456 e. The molecule has 0 aliphatic heterocycles. The van der Waals surface area contributed by atoms with E-state index < -0.39 is 5.60 Å². The van der Waals surface area contributed by atoms with Gasteiger partial charge < -0.3 is 4.74 Å². The summed E-state index contributed by atoms with van der Waals surface area (Å²) in [5.41, 5.74) is 1.86. The predicted octanol–water partition coefficient (Wildman–Crippen LogP) is 4.92. The van der Waals surface area contributed by atoms with E-state index in [9.17, 15) is 4.79 Å². The van der Waals surface area contributed by atoms with Gasteiger partial charge in [-0.15, -0.1) is 11.3 Å². The molecule has 3 nitrogen and oxygen atoms in total. The third-order valence-electron chi connectivity index (χ3n) is 3.15. The van der Waals surface area contributed by atoms with Gasteiger partial charge >= 0.3 is 5.97 Å². The summed E-state index contributed by atoms with van der Waals surface area (Å²) in [4.78, 5) is 16.6. The third-order valence-corrected chi connectivity index (χ3v) is 4.11. The molecular weight excluding hydrogens is 294 g/mol. The van der Waals surface area contributed by atoms with Crippen LogP contribution in [0.25, 0.3) is 21.3 Å². The van der Waals surface area contributed by atoms with Crippen molar-refractivity contribution in [2.75, 3.05) is 0 Å². The molecule has 0 aliphatic carbocycles. The zero-order valence-electron chi connectivity index (χ0n) is 12.8. The van der Waals surface area contributed by atoms with Gasteiger partial charge in [0.1, 0.15) is 5.60 Å². The van der Waals surface area contributed by atoms with E-state index in [0.717, 1.165) is 16.6 Å². The molecule has 0 saturated carbocycles. The molecule has 0 atom stereocenters. The molecule has 0 amide bonds. The Hall–Kier alpha value is -2.20. The number of hydrogen-bond donors (Lipinski definition) is 0. The number of aromatic nitrogens is 1. The predicted molar refractivity (Wildman–Crippen MR) is 90.2 cm³/mol. The smallest absolute Gasteiger partial charge is 0.338 e. The maximum Gasteiger partial charge on any atom is 0.338 e. The van der Waals surface area contributed by atoms with E-state index in [1.54, 1.807) is 29.7 Å². The third kappa shape index (κ3) is 3.02. The van der Waals surface area contributed by atoms with Crippen molar-refractivity contribution in [3.63, 3.8) is 0 Å². The molecule has 4 heteroatoms. The fourth-order valence-electron chi connectivity index (χ4n) is 2.22. The molecular formula is C18H17NO2S. The second-order valence-corrected chi connectivity index (χ2v) is 6.99. The Morgan fingerprint density at radius 1 is 1.18 bits per heavy atom. The van der Waals surface area contributed by atoms with Crippen LogP contribution in [0.4, 0.5) is 0 Å². The zero-order valence-corrected chi connectivity index (χ0v) is 13.6. The first-order valence-electron chi connectivity index (χ1n) is 7.10. The van der Waals surface area contributed by atoms with Crippen molar-refractivity contribution in [2.24, 2.45) is 0 Å². The lowest BCUT2D eigenvalue weighted by molar-refractivity contribution is 0.00694. The average molecular weight is 311 g/mol. The highest BCUT2D eigenvalue weighted by Crippen LogP contribution is 2.33. The highest BCUT2D eigenvalue weighted by atomic mass is 32.1. The lowest BCUT2D eigenvalue weighted by Crippen LogP contribution is -2.23. The summed E-state index contributed by atoms with van der Waals surface area (Å²) in [5.74, 6) is -0.323. The van der Waals surface area contributed by atoms with Crippen molar-refractivity contribution in [3.8, 4) is 11.3 Å². The van der Waals surface area contributed by atoms with Crippen LogP contribution < -0.4 is 0 Å². The van der Waals surface area contributed by atoms with Gasteiger partial charge in [0, 0.05) is 27.2 Å². The molecule has 0 spiro atoms. The van der Waals surface area contributed by atoms with Gasteiger partial charge in [-0.1, -0.05) is 18.2 Å². The van der Waals surface area contributed by atoms with Crippen molar-refractivity contribution in [1.82, 2.24) is 4.98 Å². The van der Waals surface area contributed by atoms with Crippen molar-refractivity contribution in [3.05, 3.63) is 53.5 Å². The second kappa shape index (κ2) is 5.54. The van der Waals surface area contributed by atoms with Crippen molar-refractivity contribution < 1.29 is 9.53 Å². The lowest BCUT2D eigenvalue weighted by atomic mass is 10.1. The highest BCUT2D eigenvalue weighted by molar-refractivity contribution is 7.17. The monoisotopic (exact) mass is 311 g/mol. The first-order valence-corrected chi connectivity index (χ1v) is 7.98. The van der Waals surface area contributed by atoms with Crippen LogP contribution in [0.1, 0.15) is 31.1 Å².